The van der Waals surface area contributed by atoms with Crippen LogP contribution in [-0.4, -0.2) is 43.8 Å². The van der Waals surface area contributed by atoms with Crippen LogP contribution in [0.1, 0.15) is 6.42 Å². The Labute approximate surface area is 76.8 Å². The summed E-state index contributed by atoms with van der Waals surface area (Å²) in [5.41, 5.74) is 0. The van der Waals surface area contributed by atoms with E-state index in [2.05, 4.69) is 15.0 Å². The molecule has 0 saturated carbocycles. The highest BCUT2D eigenvalue weighted by molar-refractivity contribution is 5.67. The Bertz CT molecular complexity index is 242. The Balaban J connectivity index is 1.95. The van der Waals surface area contributed by atoms with E-state index in [1.54, 1.807) is 4.90 Å². The lowest BCUT2D eigenvalue weighted by Crippen LogP contribution is -2.44. The molecule has 0 bridgehead atoms. The van der Waals surface area contributed by atoms with Crippen molar-refractivity contribution in [3.63, 3.8) is 0 Å². The molecule has 0 N–H and O–H groups in total. The Kier molecular flexibility index (Phi) is 2.16. The van der Waals surface area contributed by atoms with E-state index in [0.29, 0.717) is 12.0 Å². The molecule has 2 aliphatic heterocycles. The van der Waals surface area contributed by atoms with Gasteiger partial charge < -0.3 is 9.64 Å². The van der Waals surface area contributed by atoms with Gasteiger partial charge in [0.2, 0.25) is 0 Å². The number of amides is 1. The van der Waals surface area contributed by atoms with Gasteiger partial charge in [0.25, 0.3) is 0 Å². The number of ether oxygens (including phenoxy) is 1. The minimum atomic E-state index is -0.231. The van der Waals surface area contributed by atoms with Gasteiger partial charge in [-0.2, -0.15) is 10.2 Å². The molecule has 2 aliphatic rings. The normalized spacial score (nSPS) is 31.6. The second-order valence-electron chi connectivity index (χ2n) is 3.47. The fourth-order valence-corrected chi connectivity index (χ4v) is 1.90. The molecule has 0 aromatic heterocycles. The fourth-order valence-electron chi connectivity index (χ4n) is 1.90. The van der Waals surface area contributed by atoms with Crippen LogP contribution in [0.4, 0.5) is 4.79 Å². The number of carbonyl (C=O) groups excluding carboxylic acids is 1. The standard InChI is InChI=1S/C8H13N3O2/c1-13-8(12)11-3-2-7-6(5-11)4-9-10-7/h6-7H,2-5H2,1H3. The van der Waals surface area contributed by atoms with E-state index in [1.807, 2.05) is 0 Å². The van der Waals surface area contributed by atoms with Crippen LogP contribution in [0.15, 0.2) is 10.2 Å². The van der Waals surface area contributed by atoms with Crippen molar-refractivity contribution in [1.82, 2.24) is 4.90 Å². The number of methoxy groups -OCH3 is 1. The SMILES string of the molecule is COC(=O)N1CCC2N=NCC2C1. The van der Waals surface area contributed by atoms with Crippen molar-refractivity contribution in [2.24, 2.45) is 16.1 Å². The number of hydrogen-bond acceptors (Lipinski definition) is 4. The smallest absolute Gasteiger partial charge is 0.409 e. The zero-order valence-corrected chi connectivity index (χ0v) is 7.64. The van der Waals surface area contributed by atoms with E-state index in [9.17, 15) is 4.79 Å². The lowest BCUT2D eigenvalue weighted by Gasteiger charge is -2.31. The molecule has 1 saturated heterocycles. The van der Waals surface area contributed by atoms with Gasteiger partial charge in [-0.05, 0) is 6.42 Å². The number of likely N-dealkylation sites (tertiary alicyclic amines) is 1. The quantitative estimate of drug-likeness (QED) is 0.560. The van der Waals surface area contributed by atoms with Gasteiger partial charge in [0.15, 0.2) is 0 Å². The lowest BCUT2D eigenvalue weighted by molar-refractivity contribution is 0.101. The number of hydrogen-bond donors (Lipinski definition) is 0. The third-order valence-corrected chi connectivity index (χ3v) is 2.67. The first kappa shape index (κ1) is 8.47. The van der Waals surface area contributed by atoms with Crippen LogP contribution in [0, 0.1) is 5.92 Å². The van der Waals surface area contributed by atoms with E-state index in [4.69, 9.17) is 0 Å². The molecule has 2 heterocycles. The third kappa shape index (κ3) is 1.50. The Morgan fingerprint density at radius 2 is 2.46 bits per heavy atom. The average molecular weight is 183 g/mol. The minimum Gasteiger partial charge on any atom is -0.453 e. The Morgan fingerprint density at radius 3 is 3.23 bits per heavy atom. The van der Waals surface area contributed by atoms with Crippen molar-refractivity contribution in [2.45, 2.75) is 12.5 Å². The van der Waals surface area contributed by atoms with Gasteiger partial charge in [0, 0.05) is 19.0 Å². The molecule has 5 heteroatoms. The van der Waals surface area contributed by atoms with Crippen molar-refractivity contribution < 1.29 is 9.53 Å². The largest absolute Gasteiger partial charge is 0.453 e. The fraction of sp³-hybridized carbons (Fsp3) is 0.875. The summed E-state index contributed by atoms with van der Waals surface area (Å²) in [5, 5.41) is 8.12. The van der Waals surface area contributed by atoms with E-state index in [1.165, 1.54) is 7.11 Å². The summed E-state index contributed by atoms with van der Waals surface area (Å²) < 4.78 is 4.66. The number of fused-ring (bicyclic) bond motifs is 1. The van der Waals surface area contributed by atoms with Gasteiger partial charge >= 0.3 is 6.09 Å². The highest BCUT2D eigenvalue weighted by atomic mass is 16.5. The van der Waals surface area contributed by atoms with Crippen molar-refractivity contribution in [2.75, 3.05) is 26.7 Å². The summed E-state index contributed by atoms with van der Waals surface area (Å²) in [6, 6.07) is 0.348. The predicted octanol–water partition coefficient (Wildman–Crippen LogP) is 0.909. The summed E-state index contributed by atoms with van der Waals surface area (Å²) in [7, 11) is 1.41. The first-order chi connectivity index (χ1) is 6.31. The predicted molar refractivity (Wildman–Crippen MR) is 45.6 cm³/mol. The van der Waals surface area contributed by atoms with E-state index in [0.717, 1.165) is 26.1 Å². The maximum atomic E-state index is 11.2. The molecular formula is C8H13N3O2. The number of azo groups is 1. The summed E-state index contributed by atoms with van der Waals surface area (Å²) in [6.07, 6.45) is 0.689. The van der Waals surface area contributed by atoms with Gasteiger partial charge in [0.1, 0.15) is 0 Å². The summed E-state index contributed by atoms with van der Waals surface area (Å²) >= 11 is 0. The molecule has 2 rings (SSSR count). The van der Waals surface area contributed by atoms with Gasteiger partial charge in [-0.1, -0.05) is 0 Å². The van der Waals surface area contributed by atoms with Crippen molar-refractivity contribution in [1.29, 1.82) is 0 Å². The molecule has 1 amide bonds. The number of rotatable bonds is 0. The summed E-state index contributed by atoms with van der Waals surface area (Å²) in [5.74, 6) is 0.424. The topological polar surface area (TPSA) is 54.3 Å². The monoisotopic (exact) mass is 183 g/mol. The average Bonchev–Trinajstić information content (AvgIpc) is 2.63. The van der Waals surface area contributed by atoms with E-state index in [-0.39, 0.29) is 6.09 Å². The van der Waals surface area contributed by atoms with E-state index >= 15 is 0 Å². The van der Waals surface area contributed by atoms with E-state index < -0.39 is 0 Å². The first-order valence-electron chi connectivity index (χ1n) is 4.51. The molecule has 0 aromatic carbocycles. The summed E-state index contributed by atoms with van der Waals surface area (Å²) in [4.78, 5) is 12.9. The van der Waals surface area contributed by atoms with Crippen molar-refractivity contribution in [3.05, 3.63) is 0 Å². The zero-order chi connectivity index (χ0) is 9.26. The van der Waals surface area contributed by atoms with Gasteiger partial charge in [0.05, 0.1) is 19.7 Å². The van der Waals surface area contributed by atoms with Crippen molar-refractivity contribution >= 4 is 6.09 Å². The highest BCUT2D eigenvalue weighted by Crippen LogP contribution is 2.25. The lowest BCUT2D eigenvalue weighted by atomic mass is 9.94. The molecule has 1 fully saturated rings. The van der Waals surface area contributed by atoms with Gasteiger partial charge in [-0.15, -0.1) is 0 Å². The highest BCUT2D eigenvalue weighted by Gasteiger charge is 2.34. The number of piperidine rings is 1. The molecule has 72 valence electrons. The maximum Gasteiger partial charge on any atom is 0.409 e. The first-order valence-corrected chi connectivity index (χ1v) is 4.51. The van der Waals surface area contributed by atoms with Crippen LogP contribution in [0.3, 0.4) is 0 Å². The van der Waals surface area contributed by atoms with Crippen molar-refractivity contribution in [3.8, 4) is 0 Å². The Hall–Kier alpha value is -1.13. The molecule has 2 atom stereocenters. The van der Waals surface area contributed by atoms with Crippen LogP contribution < -0.4 is 0 Å². The molecule has 5 nitrogen and oxygen atoms in total. The third-order valence-electron chi connectivity index (χ3n) is 2.67. The van der Waals surface area contributed by atoms with Crippen LogP contribution in [0.25, 0.3) is 0 Å². The molecule has 0 spiro atoms. The molecular weight excluding hydrogens is 170 g/mol. The van der Waals surface area contributed by atoms with Gasteiger partial charge in [-0.25, -0.2) is 4.79 Å². The second-order valence-corrected chi connectivity index (χ2v) is 3.47. The zero-order valence-electron chi connectivity index (χ0n) is 7.64. The molecule has 13 heavy (non-hydrogen) atoms. The van der Waals surface area contributed by atoms with Crippen LogP contribution >= 0.6 is 0 Å². The molecule has 0 aromatic rings. The maximum absolute atomic E-state index is 11.2. The number of nitrogens with zero attached hydrogens (tertiary/aromatic N) is 3. The minimum absolute atomic E-state index is 0.231. The molecule has 2 unspecified atom stereocenters. The number of carbonyl (C=O) groups is 1. The van der Waals surface area contributed by atoms with Gasteiger partial charge in [-0.3, -0.25) is 0 Å². The molecule has 0 radical (unpaired) electrons. The van der Waals surface area contributed by atoms with Crippen LogP contribution in [0.2, 0.25) is 0 Å². The second kappa shape index (κ2) is 3.32. The Morgan fingerprint density at radius 1 is 1.62 bits per heavy atom. The van der Waals surface area contributed by atoms with Crippen LogP contribution in [-0.2, 0) is 4.74 Å². The van der Waals surface area contributed by atoms with Crippen LogP contribution in [0.5, 0.6) is 0 Å². The molecule has 0 aliphatic carbocycles. The summed E-state index contributed by atoms with van der Waals surface area (Å²) in [6.45, 7) is 2.25.